The second-order valence-electron chi connectivity index (χ2n) is 6.37. The van der Waals surface area contributed by atoms with E-state index in [9.17, 15) is 14.7 Å². The van der Waals surface area contributed by atoms with Gasteiger partial charge in [0.2, 0.25) is 11.2 Å². The molecular weight excluding hydrogens is 364 g/mol. The Kier molecular flexibility index (Phi) is 7.40. The third-order valence-corrected chi connectivity index (χ3v) is 3.97. The minimum atomic E-state index is -0.716. The zero-order valence-electron chi connectivity index (χ0n) is 16.2. The Bertz CT molecular complexity index is 881. The molecule has 1 unspecified atom stereocenters. The van der Waals surface area contributed by atoms with Crippen molar-refractivity contribution in [1.29, 1.82) is 0 Å². The van der Waals surface area contributed by atoms with E-state index in [0.29, 0.717) is 17.9 Å². The van der Waals surface area contributed by atoms with E-state index in [1.807, 2.05) is 6.92 Å². The fourth-order valence-corrected chi connectivity index (χ4v) is 2.62. The second-order valence-corrected chi connectivity index (χ2v) is 6.37. The lowest BCUT2D eigenvalue weighted by molar-refractivity contribution is -0.140. The highest BCUT2D eigenvalue weighted by Crippen LogP contribution is 2.34. The standard InChI is InChI=1S/C21H24O7/c1-13(2)11-27-15-7-5-14(6-8-15)17(10-19(23)26-4)21-20(24)18(22)9-16(28-21)12-25-3/h5-9,17,24H,1,10-12H2,2-4H3. The van der Waals surface area contributed by atoms with Gasteiger partial charge in [0.05, 0.1) is 19.4 Å². The zero-order valence-corrected chi connectivity index (χ0v) is 16.2. The Morgan fingerprint density at radius 2 is 1.93 bits per heavy atom. The van der Waals surface area contributed by atoms with Crippen LogP contribution < -0.4 is 10.2 Å². The van der Waals surface area contributed by atoms with Gasteiger partial charge in [-0.3, -0.25) is 9.59 Å². The lowest BCUT2D eigenvalue weighted by Gasteiger charge is -2.18. The number of carbonyl (C=O) groups is 1. The van der Waals surface area contributed by atoms with Gasteiger partial charge >= 0.3 is 5.97 Å². The predicted molar refractivity (Wildman–Crippen MR) is 103 cm³/mol. The van der Waals surface area contributed by atoms with Crippen LogP contribution in [0.3, 0.4) is 0 Å². The van der Waals surface area contributed by atoms with Gasteiger partial charge in [-0.1, -0.05) is 18.7 Å². The van der Waals surface area contributed by atoms with E-state index < -0.39 is 23.1 Å². The molecular formula is C21H24O7. The molecule has 0 saturated heterocycles. The van der Waals surface area contributed by atoms with Crippen molar-refractivity contribution in [3.05, 3.63) is 69.8 Å². The van der Waals surface area contributed by atoms with E-state index in [2.05, 4.69) is 6.58 Å². The Balaban J connectivity index is 2.44. The van der Waals surface area contributed by atoms with Crippen LogP contribution in [0.2, 0.25) is 0 Å². The van der Waals surface area contributed by atoms with Crippen LogP contribution in [0.25, 0.3) is 0 Å². The van der Waals surface area contributed by atoms with Crippen molar-refractivity contribution < 1.29 is 28.5 Å². The van der Waals surface area contributed by atoms with E-state index in [1.165, 1.54) is 14.2 Å². The molecule has 2 rings (SSSR count). The van der Waals surface area contributed by atoms with Crippen LogP contribution in [0.5, 0.6) is 11.5 Å². The maximum absolute atomic E-state index is 12.1. The molecule has 150 valence electrons. The number of hydrogen-bond donors (Lipinski definition) is 1. The normalized spacial score (nSPS) is 11.7. The summed E-state index contributed by atoms with van der Waals surface area (Å²) in [5.74, 6) is -0.908. The number of methoxy groups -OCH3 is 2. The van der Waals surface area contributed by atoms with E-state index >= 15 is 0 Å². The second kappa shape index (κ2) is 9.75. The van der Waals surface area contributed by atoms with Crippen molar-refractivity contribution in [2.45, 2.75) is 25.9 Å². The summed E-state index contributed by atoms with van der Waals surface area (Å²) >= 11 is 0. The van der Waals surface area contributed by atoms with Crippen LogP contribution in [0.15, 0.2) is 51.7 Å². The van der Waals surface area contributed by atoms with Crippen molar-refractivity contribution in [2.75, 3.05) is 20.8 Å². The average molecular weight is 388 g/mol. The molecule has 0 bridgehead atoms. The van der Waals surface area contributed by atoms with E-state index in [0.717, 1.165) is 11.6 Å². The molecule has 0 saturated carbocycles. The number of aromatic hydroxyl groups is 1. The maximum Gasteiger partial charge on any atom is 0.306 e. The van der Waals surface area contributed by atoms with Gasteiger partial charge in [0, 0.05) is 13.2 Å². The summed E-state index contributed by atoms with van der Waals surface area (Å²) in [6.07, 6.45) is -0.116. The van der Waals surface area contributed by atoms with Crippen LogP contribution >= 0.6 is 0 Å². The molecule has 1 aromatic heterocycles. The van der Waals surface area contributed by atoms with Gasteiger partial charge in [-0.2, -0.15) is 0 Å². The fourth-order valence-electron chi connectivity index (χ4n) is 2.62. The Hall–Kier alpha value is -3.06. The first-order valence-corrected chi connectivity index (χ1v) is 8.64. The summed E-state index contributed by atoms with van der Waals surface area (Å²) in [7, 11) is 2.73. The zero-order chi connectivity index (χ0) is 20.7. The molecule has 0 radical (unpaired) electrons. The molecule has 0 fully saturated rings. The van der Waals surface area contributed by atoms with Crippen molar-refractivity contribution in [3.8, 4) is 11.5 Å². The SMILES string of the molecule is C=C(C)COc1ccc(C(CC(=O)OC)c2oc(COC)cc(=O)c2O)cc1. The highest BCUT2D eigenvalue weighted by molar-refractivity contribution is 5.71. The number of ether oxygens (including phenoxy) is 3. The number of benzene rings is 1. The molecule has 0 amide bonds. The van der Waals surface area contributed by atoms with Gasteiger partial charge in [0.25, 0.3) is 0 Å². The molecule has 1 N–H and O–H groups in total. The minimum Gasteiger partial charge on any atom is -0.502 e. The Morgan fingerprint density at radius 1 is 1.25 bits per heavy atom. The van der Waals surface area contributed by atoms with Crippen LogP contribution in [0.1, 0.15) is 36.3 Å². The van der Waals surface area contributed by atoms with Crippen LogP contribution in [-0.2, 0) is 20.9 Å². The number of carbonyl (C=O) groups excluding carboxylic acids is 1. The van der Waals surface area contributed by atoms with Crippen molar-refractivity contribution in [2.24, 2.45) is 0 Å². The summed E-state index contributed by atoms with van der Waals surface area (Å²) in [6, 6.07) is 8.10. The van der Waals surface area contributed by atoms with Crippen LogP contribution in [0.4, 0.5) is 0 Å². The summed E-state index contributed by atoms with van der Waals surface area (Å²) < 4.78 is 21.0. The van der Waals surface area contributed by atoms with Gasteiger partial charge in [-0.15, -0.1) is 0 Å². The quantitative estimate of drug-likeness (QED) is 0.521. The minimum absolute atomic E-state index is 0.0134. The maximum atomic E-state index is 12.1. The highest BCUT2D eigenvalue weighted by Gasteiger charge is 2.26. The summed E-state index contributed by atoms with van der Waals surface area (Å²) in [5.41, 5.74) is 0.931. The smallest absolute Gasteiger partial charge is 0.306 e. The molecule has 7 nitrogen and oxygen atoms in total. The predicted octanol–water partition coefficient (Wildman–Crippen LogP) is 3.14. The molecule has 7 heteroatoms. The lowest BCUT2D eigenvalue weighted by Crippen LogP contribution is -2.14. The number of hydrogen-bond acceptors (Lipinski definition) is 7. The van der Waals surface area contributed by atoms with Crippen molar-refractivity contribution in [1.82, 2.24) is 0 Å². The van der Waals surface area contributed by atoms with Crippen molar-refractivity contribution in [3.63, 3.8) is 0 Å². The Labute approximate surface area is 163 Å². The highest BCUT2D eigenvalue weighted by atomic mass is 16.5. The third-order valence-electron chi connectivity index (χ3n) is 3.97. The molecule has 0 spiro atoms. The summed E-state index contributed by atoms with van der Waals surface area (Å²) in [4.78, 5) is 24.1. The first-order chi connectivity index (χ1) is 13.3. The van der Waals surface area contributed by atoms with Crippen molar-refractivity contribution >= 4 is 5.97 Å². The first-order valence-electron chi connectivity index (χ1n) is 8.64. The summed E-state index contributed by atoms with van der Waals surface area (Å²) in [6.45, 7) is 6.09. The molecule has 2 aromatic rings. The molecule has 1 heterocycles. The monoisotopic (exact) mass is 388 g/mol. The number of rotatable bonds is 9. The third kappa shape index (κ3) is 5.47. The van der Waals surface area contributed by atoms with Gasteiger partial charge in [-0.25, -0.2) is 0 Å². The summed E-state index contributed by atoms with van der Waals surface area (Å²) in [5, 5.41) is 10.3. The largest absolute Gasteiger partial charge is 0.502 e. The van der Waals surface area contributed by atoms with Gasteiger partial charge in [-0.05, 0) is 30.2 Å². The van der Waals surface area contributed by atoms with Gasteiger partial charge in [0.15, 0.2) is 5.76 Å². The lowest BCUT2D eigenvalue weighted by atomic mass is 9.92. The molecule has 1 aromatic carbocycles. The van der Waals surface area contributed by atoms with E-state index in [-0.39, 0.29) is 24.5 Å². The molecule has 0 aliphatic carbocycles. The fraction of sp³-hybridized carbons (Fsp3) is 0.333. The topological polar surface area (TPSA) is 95.2 Å². The average Bonchev–Trinajstić information content (AvgIpc) is 2.68. The molecule has 0 aliphatic heterocycles. The van der Waals surface area contributed by atoms with E-state index in [1.54, 1.807) is 24.3 Å². The van der Waals surface area contributed by atoms with E-state index in [4.69, 9.17) is 18.6 Å². The molecule has 1 atom stereocenters. The first kappa shape index (κ1) is 21.2. The van der Waals surface area contributed by atoms with Gasteiger partial charge in [0.1, 0.15) is 24.7 Å². The number of esters is 1. The van der Waals surface area contributed by atoms with Gasteiger partial charge < -0.3 is 23.7 Å². The molecule has 28 heavy (non-hydrogen) atoms. The molecule has 0 aliphatic rings. The Morgan fingerprint density at radius 3 is 2.50 bits per heavy atom. The van der Waals surface area contributed by atoms with Crippen LogP contribution in [-0.4, -0.2) is 31.9 Å². The van der Waals surface area contributed by atoms with Crippen LogP contribution in [0, 0.1) is 0 Å².